The van der Waals surface area contributed by atoms with Crippen LogP contribution in [0.15, 0.2) is 5.11 Å². The van der Waals surface area contributed by atoms with E-state index in [4.69, 9.17) is 17.1 Å². The second kappa shape index (κ2) is 5.21. The van der Waals surface area contributed by atoms with Crippen LogP contribution in [0.2, 0.25) is 0 Å². The van der Waals surface area contributed by atoms with Gasteiger partial charge in [0.15, 0.2) is 0 Å². The van der Waals surface area contributed by atoms with Crippen LogP contribution in [0.25, 0.3) is 10.4 Å². The molecular weight excluding hydrogens is 146 g/mol. The zero-order chi connectivity index (χ0) is 7.11. The number of nitrogens with zero attached hydrogens (tertiary/aromatic N) is 3. The van der Waals surface area contributed by atoms with E-state index in [0.717, 1.165) is 0 Å². The molecule has 9 heavy (non-hydrogen) atoms. The first-order valence-electron chi connectivity index (χ1n) is 2.10. The van der Waals surface area contributed by atoms with Gasteiger partial charge in [-0.05, 0) is 5.53 Å². The third-order valence-corrected chi connectivity index (χ3v) is 0.579. The van der Waals surface area contributed by atoms with Gasteiger partial charge in [-0.15, -0.1) is 0 Å². The SMILES string of the molecule is [N-]=[N+]=NCCOC(=O)Cl. The van der Waals surface area contributed by atoms with Gasteiger partial charge in [0.2, 0.25) is 0 Å². The lowest BCUT2D eigenvalue weighted by Crippen LogP contribution is -1.98. The number of hydrogen-bond acceptors (Lipinski definition) is 3. The molecule has 0 amide bonds. The maximum absolute atomic E-state index is 9.82. The Balaban J connectivity index is 3.10. The largest absolute Gasteiger partial charge is 0.454 e. The molecule has 50 valence electrons. The van der Waals surface area contributed by atoms with E-state index in [2.05, 4.69) is 14.8 Å². The minimum absolute atomic E-state index is 0.0341. The van der Waals surface area contributed by atoms with Crippen molar-refractivity contribution >= 4 is 17.0 Å². The number of carbonyl (C=O) groups excluding carboxylic acids is 1. The second-order valence-corrected chi connectivity index (χ2v) is 1.35. The van der Waals surface area contributed by atoms with Gasteiger partial charge in [-0.2, -0.15) is 0 Å². The quantitative estimate of drug-likeness (QED) is 0.201. The van der Waals surface area contributed by atoms with Crippen LogP contribution < -0.4 is 0 Å². The Labute approximate surface area is 56.2 Å². The zero-order valence-electron chi connectivity index (χ0n) is 4.45. The van der Waals surface area contributed by atoms with E-state index < -0.39 is 5.43 Å². The summed E-state index contributed by atoms with van der Waals surface area (Å²) in [4.78, 5) is 12.2. The van der Waals surface area contributed by atoms with E-state index in [1.54, 1.807) is 0 Å². The minimum atomic E-state index is -0.886. The summed E-state index contributed by atoms with van der Waals surface area (Å²) < 4.78 is 4.21. The Hall–Kier alpha value is -0.930. The van der Waals surface area contributed by atoms with Crippen molar-refractivity contribution in [3.05, 3.63) is 10.4 Å². The van der Waals surface area contributed by atoms with Crippen LogP contribution in [0.4, 0.5) is 4.79 Å². The molecule has 0 aromatic rings. The molecule has 0 fully saturated rings. The van der Waals surface area contributed by atoms with Crippen LogP contribution in [-0.2, 0) is 4.74 Å². The third kappa shape index (κ3) is 7.07. The van der Waals surface area contributed by atoms with Crippen molar-refractivity contribution in [2.45, 2.75) is 0 Å². The van der Waals surface area contributed by atoms with Crippen molar-refractivity contribution in [1.29, 1.82) is 0 Å². The molecule has 0 N–H and O–H groups in total. The van der Waals surface area contributed by atoms with Crippen LogP contribution in [0.1, 0.15) is 0 Å². The van der Waals surface area contributed by atoms with Gasteiger partial charge in [0.05, 0.1) is 13.2 Å². The normalized spacial score (nSPS) is 7.67. The first kappa shape index (κ1) is 8.07. The van der Waals surface area contributed by atoms with Gasteiger partial charge in [0.25, 0.3) is 0 Å². The highest BCUT2D eigenvalue weighted by Gasteiger charge is 1.91. The Bertz CT molecular complexity index is 140. The number of azide groups is 1. The van der Waals surface area contributed by atoms with E-state index >= 15 is 0 Å². The molecule has 0 heterocycles. The summed E-state index contributed by atoms with van der Waals surface area (Å²) in [5.74, 6) is 0. The molecule has 0 radical (unpaired) electrons. The minimum Gasteiger partial charge on any atom is -0.454 e. The predicted molar refractivity (Wildman–Crippen MR) is 31.2 cm³/mol. The Morgan fingerprint density at radius 3 is 3.00 bits per heavy atom. The van der Waals surface area contributed by atoms with Gasteiger partial charge in [-0.25, -0.2) is 4.79 Å². The molecule has 0 saturated heterocycles. The summed E-state index contributed by atoms with van der Waals surface area (Å²) in [7, 11) is 0. The molecule has 5 nitrogen and oxygen atoms in total. The molecule has 0 aromatic heterocycles. The highest BCUT2D eigenvalue weighted by molar-refractivity contribution is 6.61. The molecule has 0 aliphatic heterocycles. The fourth-order valence-electron chi connectivity index (χ4n) is 0.211. The molecule has 0 atom stereocenters. The molecule has 0 spiro atoms. The number of halogens is 1. The molecule has 0 aliphatic rings. The lowest BCUT2D eigenvalue weighted by molar-refractivity contribution is 0.177. The monoisotopic (exact) mass is 149 g/mol. The van der Waals surface area contributed by atoms with Crippen LogP contribution in [0.5, 0.6) is 0 Å². The molecule has 0 unspecified atom stereocenters. The maximum atomic E-state index is 9.82. The third-order valence-electron chi connectivity index (χ3n) is 0.470. The lowest BCUT2D eigenvalue weighted by atomic mass is 10.7. The summed E-state index contributed by atoms with van der Waals surface area (Å²) in [5.41, 5.74) is 6.83. The highest BCUT2D eigenvalue weighted by Crippen LogP contribution is 1.85. The van der Waals surface area contributed by atoms with E-state index in [0.29, 0.717) is 0 Å². The van der Waals surface area contributed by atoms with E-state index in [1.807, 2.05) is 0 Å². The summed E-state index contributed by atoms with van der Waals surface area (Å²) in [6.07, 6.45) is 0. The Morgan fingerprint density at radius 1 is 1.89 bits per heavy atom. The Morgan fingerprint density at radius 2 is 2.56 bits per heavy atom. The topological polar surface area (TPSA) is 75.1 Å². The molecule has 0 aliphatic carbocycles. The first-order chi connectivity index (χ1) is 4.27. The van der Waals surface area contributed by atoms with Gasteiger partial charge < -0.3 is 4.74 Å². The lowest BCUT2D eigenvalue weighted by Gasteiger charge is -1.91. The number of carbonyl (C=O) groups is 1. The summed E-state index contributed by atoms with van der Waals surface area (Å²) in [6, 6.07) is 0. The smallest absolute Gasteiger partial charge is 0.403 e. The van der Waals surface area contributed by atoms with E-state index in [1.165, 1.54) is 0 Å². The number of ether oxygens (including phenoxy) is 1. The zero-order valence-corrected chi connectivity index (χ0v) is 5.21. The van der Waals surface area contributed by atoms with Crippen molar-refractivity contribution in [3.8, 4) is 0 Å². The number of hydrogen-bond donors (Lipinski definition) is 0. The van der Waals surface area contributed by atoms with E-state index in [-0.39, 0.29) is 13.2 Å². The van der Waals surface area contributed by atoms with Gasteiger partial charge in [-0.1, -0.05) is 5.11 Å². The molecule has 0 bridgehead atoms. The summed E-state index contributed by atoms with van der Waals surface area (Å²) in [5, 5.41) is 3.09. The van der Waals surface area contributed by atoms with Crippen molar-refractivity contribution in [2.24, 2.45) is 5.11 Å². The average Bonchev–Trinajstić information content (AvgIpc) is 1.80. The molecule has 0 aromatic carbocycles. The molecular formula is C3H4ClN3O2. The van der Waals surface area contributed by atoms with Gasteiger partial charge >= 0.3 is 5.43 Å². The van der Waals surface area contributed by atoms with Crippen LogP contribution in [-0.4, -0.2) is 18.6 Å². The van der Waals surface area contributed by atoms with Crippen LogP contribution >= 0.6 is 11.6 Å². The molecule has 0 saturated carbocycles. The highest BCUT2D eigenvalue weighted by atomic mass is 35.5. The standard InChI is InChI=1S/C3H4ClN3O2/c4-3(8)9-2-1-6-7-5/h1-2H2. The summed E-state index contributed by atoms with van der Waals surface area (Å²) >= 11 is 4.76. The van der Waals surface area contributed by atoms with E-state index in [9.17, 15) is 4.79 Å². The van der Waals surface area contributed by atoms with Crippen molar-refractivity contribution < 1.29 is 9.53 Å². The van der Waals surface area contributed by atoms with Crippen molar-refractivity contribution in [1.82, 2.24) is 0 Å². The van der Waals surface area contributed by atoms with Crippen LogP contribution in [0.3, 0.4) is 0 Å². The van der Waals surface area contributed by atoms with Gasteiger partial charge in [0, 0.05) is 16.5 Å². The summed E-state index contributed by atoms with van der Waals surface area (Å²) in [6.45, 7) is 0.154. The predicted octanol–water partition coefficient (Wildman–Crippen LogP) is 1.67. The number of rotatable bonds is 3. The van der Waals surface area contributed by atoms with Crippen LogP contribution in [0, 0.1) is 0 Å². The Kier molecular flexibility index (Phi) is 4.67. The fraction of sp³-hybridized carbons (Fsp3) is 0.667. The maximum Gasteiger partial charge on any atom is 0.403 e. The van der Waals surface area contributed by atoms with Gasteiger partial charge in [0.1, 0.15) is 0 Å². The molecule has 0 rings (SSSR count). The first-order valence-corrected chi connectivity index (χ1v) is 2.48. The molecule has 6 heteroatoms. The second-order valence-electron chi connectivity index (χ2n) is 1.04. The average molecular weight is 150 g/mol. The van der Waals surface area contributed by atoms with Crippen molar-refractivity contribution in [2.75, 3.05) is 13.2 Å². The van der Waals surface area contributed by atoms with Gasteiger partial charge in [-0.3, -0.25) is 0 Å². The van der Waals surface area contributed by atoms with Crippen molar-refractivity contribution in [3.63, 3.8) is 0 Å². The fourth-order valence-corrected chi connectivity index (χ4v) is 0.289.